The third kappa shape index (κ3) is 63.0. The van der Waals surface area contributed by atoms with E-state index in [1.807, 2.05) is 39.4 Å². The van der Waals surface area contributed by atoms with Crippen LogP contribution < -0.4 is 5.32 Å². The van der Waals surface area contributed by atoms with Gasteiger partial charge in [0, 0.05) is 12.8 Å². The van der Waals surface area contributed by atoms with Gasteiger partial charge in [-0.25, -0.2) is 4.57 Å². The number of carbonyl (C=O) groups excluding carboxylic acids is 2. The number of carbonyl (C=O) groups is 2. The van der Waals surface area contributed by atoms with Gasteiger partial charge in [0.05, 0.1) is 33.8 Å². The molecule has 3 unspecified atom stereocenters. The number of hydrogen-bond acceptors (Lipinski definition) is 6. The average Bonchev–Trinajstić information content (AvgIpc) is 3.46. The largest absolute Gasteiger partial charge is 0.472 e. The maximum Gasteiger partial charge on any atom is 0.472 e. The number of nitrogens with zero attached hydrogens (tertiary/aromatic N) is 1. The minimum Gasteiger partial charge on any atom is -0.456 e. The van der Waals surface area contributed by atoms with Gasteiger partial charge in [-0.05, 0) is 102 Å². The van der Waals surface area contributed by atoms with Crippen molar-refractivity contribution in [2.24, 2.45) is 0 Å². The molecule has 0 rings (SSSR count). The van der Waals surface area contributed by atoms with Crippen molar-refractivity contribution in [3.05, 3.63) is 109 Å². The molecule has 3 atom stereocenters. The van der Waals surface area contributed by atoms with Gasteiger partial charge >= 0.3 is 13.8 Å². The average molecular weight is 1180 g/mol. The van der Waals surface area contributed by atoms with E-state index in [2.05, 4.69) is 117 Å². The zero-order chi connectivity index (χ0) is 60.7. The first-order valence-electron chi connectivity index (χ1n) is 34.2. The van der Waals surface area contributed by atoms with E-state index in [1.165, 1.54) is 167 Å². The van der Waals surface area contributed by atoms with Crippen LogP contribution in [-0.4, -0.2) is 74.3 Å². The van der Waals surface area contributed by atoms with E-state index >= 15 is 0 Å². The zero-order valence-corrected chi connectivity index (χ0v) is 55.6. The monoisotopic (exact) mass is 1180 g/mol. The van der Waals surface area contributed by atoms with Gasteiger partial charge in [-0.3, -0.25) is 18.6 Å². The molecule has 0 heterocycles. The van der Waals surface area contributed by atoms with Gasteiger partial charge in [-0.2, -0.15) is 0 Å². The van der Waals surface area contributed by atoms with Gasteiger partial charge in [0.15, 0.2) is 0 Å². The van der Waals surface area contributed by atoms with Gasteiger partial charge in [-0.15, -0.1) is 0 Å². The van der Waals surface area contributed by atoms with Crippen molar-refractivity contribution in [1.29, 1.82) is 0 Å². The molecule has 0 aliphatic heterocycles. The Morgan fingerprint density at radius 1 is 0.434 bits per heavy atom. The van der Waals surface area contributed by atoms with Crippen LogP contribution in [0.5, 0.6) is 0 Å². The normalized spacial score (nSPS) is 14.3. The number of allylic oxidation sites excluding steroid dienone is 17. The molecule has 0 aromatic carbocycles. The minimum absolute atomic E-state index is 0.0250. The van der Waals surface area contributed by atoms with Gasteiger partial charge in [0.25, 0.3) is 0 Å². The van der Waals surface area contributed by atoms with Crippen molar-refractivity contribution in [3.8, 4) is 0 Å². The van der Waals surface area contributed by atoms with Crippen LogP contribution in [0, 0.1) is 0 Å². The highest BCUT2D eigenvalue weighted by molar-refractivity contribution is 7.47. The second-order valence-electron chi connectivity index (χ2n) is 24.0. The van der Waals surface area contributed by atoms with Crippen LogP contribution in [0.3, 0.4) is 0 Å². The first kappa shape index (κ1) is 79.7. The van der Waals surface area contributed by atoms with E-state index in [1.54, 1.807) is 0 Å². The van der Waals surface area contributed by atoms with Gasteiger partial charge in [-0.1, -0.05) is 285 Å². The standard InChI is InChI=1S/C73H129N2O7P/c1-7-10-13-16-19-22-25-28-30-32-34-35-36-37-38-39-41-42-44-47-50-53-56-59-62-65-72(76)74-70(69-81-83(78,79)80-68-67-75(4,5)6)71(64-61-58-55-52-49-46-27-24-21-18-15-12-9-3)82-73(77)66-63-60-57-54-51-48-45-43-40-33-31-29-26-23-20-17-14-11-8-2/h11,14,19-20,22-23,28-31,40,43,48,51,57,60-61,64,70-71H,7-10,12-13,15-18,21,24-27,32-39,41-42,44-47,49-50,52-56,58-59,62-63,65-69H2,1-6H3,(H-,74,76,78,79)/p+1/b14-11-,22-19-,23-20-,30-28-,31-29-,43-40-,51-48-,60-57-,64-61-. The number of phosphoric acid groups is 1. The molecule has 10 heteroatoms. The van der Waals surface area contributed by atoms with Crippen LogP contribution in [0.4, 0.5) is 0 Å². The number of phosphoric ester groups is 1. The van der Waals surface area contributed by atoms with Crippen LogP contribution in [0.1, 0.15) is 290 Å². The highest BCUT2D eigenvalue weighted by atomic mass is 31.2. The number of amides is 1. The smallest absolute Gasteiger partial charge is 0.456 e. The lowest BCUT2D eigenvalue weighted by Gasteiger charge is -2.27. The Balaban J connectivity index is 5.22. The van der Waals surface area contributed by atoms with Crippen LogP contribution in [0.15, 0.2) is 109 Å². The summed E-state index contributed by atoms with van der Waals surface area (Å²) in [4.78, 5) is 37.8. The molecule has 0 saturated heterocycles. The number of hydrogen-bond donors (Lipinski definition) is 2. The van der Waals surface area contributed by atoms with Crippen molar-refractivity contribution in [3.63, 3.8) is 0 Å². The maximum atomic E-state index is 13.6. The molecule has 0 radical (unpaired) electrons. The van der Waals surface area contributed by atoms with Crippen LogP contribution in [-0.2, 0) is 27.9 Å². The first-order valence-corrected chi connectivity index (χ1v) is 35.7. The summed E-state index contributed by atoms with van der Waals surface area (Å²) in [6.45, 7) is 6.84. The summed E-state index contributed by atoms with van der Waals surface area (Å²) in [5, 5.41) is 3.05. The Hall–Kier alpha value is -3.33. The molecular weight excluding hydrogens is 1050 g/mol. The molecule has 1 amide bonds. The second kappa shape index (κ2) is 61.7. The molecule has 0 aliphatic carbocycles. The third-order valence-electron chi connectivity index (χ3n) is 14.7. The number of esters is 1. The van der Waals surface area contributed by atoms with Crippen LogP contribution in [0.2, 0.25) is 0 Å². The van der Waals surface area contributed by atoms with E-state index < -0.39 is 25.9 Å². The summed E-state index contributed by atoms with van der Waals surface area (Å²) < 4.78 is 30.7. The highest BCUT2D eigenvalue weighted by Crippen LogP contribution is 2.43. The number of unbranched alkanes of at least 4 members (excludes halogenated alkanes) is 29. The summed E-state index contributed by atoms with van der Waals surface area (Å²) >= 11 is 0. The molecule has 83 heavy (non-hydrogen) atoms. The highest BCUT2D eigenvalue weighted by Gasteiger charge is 2.30. The van der Waals surface area contributed by atoms with Crippen LogP contribution in [0.25, 0.3) is 0 Å². The summed E-state index contributed by atoms with van der Waals surface area (Å²) in [6, 6.07) is -0.886. The Bertz CT molecular complexity index is 1790. The van der Waals surface area contributed by atoms with E-state index in [0.717, 1.165) is 83.5 Å². The molecule has 0 aromatic rings. The summed E-state index contributed by atoms with van der Waals surface area (Å²) in [5.41, 5.74) is 0. The Morgan fingerprint density at radius 3 is 1.20 bits per heavy atom. The Morgan fingerprint density at radius 2 is 0.783 bits per heavy atom. The molecule has 0 aliphatic rings. The molecule has 478 valence electrons. The fourth-order valence-electron chi connectivity index (χ4n) is 9.47. The zero-order valence-electron chi connectivity index (χ0n) is 54.7. The van der Waals surface area contributed by atoms with Crippen molar-refractivity contribution >= 4 is 19.7 Å². The number of ether oxygens (including phenoxy) is 1. The van der Waals surface area contributed by atoms with E-state index in [4.69, 9.17) is 13.8 Å². The number of likely N-dealkylation sites (N-methyl/N-ethyl adjacent to an activating group) is 1. The number of nitrogens with one attached hydrogen (secondary N) is 1. The summed E-state index contributed by atoms with van der Waals surface area (Å²) in [5.74, 6) is -0.601. The predicted octanol–water partition coefficient (Wildman–Crippen LogP) is 21.7. The fraction of sp³-hybridized carbons (Fsp3) is 0.726. The van der Waals surface area contributed by atoms with Gasteiger partial charge in [0.1, 0.15) is 19.3 Å². The minimum atomic E-state index is -4.48. The second-order valence-corrected chi connectivity index (χ2v) is 25.4. The lowest BCUT2D eigenvalue weighted by Crippen LogP contribution is -2.47. The first-order chi connectivity index (χ1) is 40.4. The Kier molecular flexibility index (Phi) is 59.3. The quantitative estimate of drug-likeness (QED) is 0.0205. The molecular formula is C73H130N2O7P+. The summed E-state index contributed by atoms with van der Waals surface area (Å²) in [6.07, 6.45) is 85.4. The lowest BCUT2D eigenvalue weighted by atomic mass is 10.0. The molecule has 2 N–H and O–H groups in total. The maximum absolute atomic E-state index is 13.6. The molecule has 0 aromatic heterocycles. The van der Waals surface area contributed by atoms with Gasteiger partial charge in [0.2, 0.25) is 5.91 Å². The topological polar surface area (TPSA) is 111 Å². The molecule has 0 fully saturated rings. The predicted molar refractivity (Wildman–Crippen MR) is 360 cm³/mol. The Labute approximate surface area is 512 Å². The third-order valence-corrected chi connectivity index (χ3v) is 15.7. The fourth-order valence-corrected chi connectivity index (χ4v) is 10.2. The summed E-state index contributed by atoms with van der Waals surface area (Å²) in [7, 11) is 1.45. The van der Waals surface area contributed by atoms with E-state index in [0.29, 0.717) is 23.9 Å². The molecule has 0 bridgehead atoms. The van der Waals surface area contributed by atoms with Crippen LogP contribution >= 0.6 is 7.82 Å². The van der Waals surface area contributed by atoms with Gasteiger partial charge < -0.3 is 19.4 Å². The van der Waals surface area contributed by atoms with Crippen molar-refractivity contribution in [2.45, 2.75) is 303 Å². The van der Waals surface area contributed by atoms with E-state index in [9.17, 15) is 19.0 Å². The van der Waals surface area contributed by atoms with E-state index in [-0.39, 0.29) is 25.5 Å². The molecule has 0 saturated carbocycles. The van der Waals surface area contributed by atoms with Crippen molar-refractivity contribution < 1.29 is 37.3 Å². The van der Waals surface area contributed by atoms with Crippen molar-refractivity contribution in [2.75, 3.05) is 40.9 Å². The SMILES string of the molecule is CC/C=C\C/C=C\C/C=C\C/C=C\C/C=C\C/C=C\CCC(=O)OC(/C=C\CCCCCCCCCCCCC)C(COP(=O)(O)OCC[N+](C)(C)C)NC(=O)CCCCCCCCCCCCCCCCC/C=C\C/C=C\CCCCC. The van der Waals surface area contributed by atoms with Crippen molar-refractivity contribution in [1.82, 2.24) is 5.32 Å². The lowest BCUT2D eigenvalue weighted by molar-refractivity contribution is -0.870. The number of rotatable bonds is 61. The number of quaternary nitrogens is 1. The molecule has 9 nitrogen and oxygen atoms in total. The molecule has 0 spiro atoms.